The Balaban J connectivity index is 1.95. The molecule has 0 aliphatic carbocycles. The minimum Gasteiger partial charge on any atom is -0.459 e. The van der Waals surface area contributed by atoms with E-state index in [-0.39, 0.29) is 17.5 Å². The molecule has 1 aliphatic rings. The number of aromatic nitrogens is 1. The number of hydrogen-bond donors (Lipinski definition) is 0. The van der Waals surface area contributed by atoms with Crippen LogP contribution in [0.1, 0.15) is 37.9 Å². The summed E-state index contributed by atoms with van der Waals surface area (Å²) in [5, 5.41) is 0.541. The molecule has 0 bridgehead atoms. The fourth-order valence-corrected chi connectivity index (χ4v) is 4.74. The monoisotopic (exact) mass is 470 g/mol. The molecule has 32 heavy (non-hydrogen) atoms. The van der Waals surface area contributed by atoms with Gasteiger partial charge < -0.3 is 4.74 Å². The zero-order valence-corrected chi connectivity index (χ0v) is 19.2. The first-order valence-corrected chi connectivity index (χ1v) is 11.2. The second kappa shape index (κ2) is 8.84. The Labute approximate surface area is 192 Å². The fourth-order valence-electron chi connectivity index (χ4n) is 3.57. The van der Waals surface area contributed by atoms with Crippen molar-refractivity contribution in [2.45, 2.75) is 32.9 Å². The number of allylic oxidation sites excluding steroid dienone is 1. The Morgan fingerprint density at radius 3 is 2.62 bits per heavy atom. The summed E-state index contributed by atoms with van der Waals surface area (Å²) >= 11 is 7.25. The van der Waals surface area contributed by atoms with Crippen LogP contribution in [0, 0.1) is 5.82 Å². The van der Waals surface area contributed by atoms with E-state index >= 15 is 0 Å². The van der Waals surface area contributed by atoms with Gasteiger partial charge in [0.05, 0.1) is 27.9 Å². The van der Waals surface area contributed by atoms with Gasteiger partial charge in [-0.15, -0.1) is 0 Å². The van der Waals surface area contributed by atoms with Crippen LogP contribution >= 0.6 is 22.9 Å². The molecule has 2 aromatic carbocycles. The van der Waals surface area contributed by atoms with Gasteiger partial charge in [0, 0.05) is 5.02 Å². The van der Waals surface area contributed by atoms with Gasteiger partial charge in [-0.2, -0.15) is 0 Å². The quantitative estimate of drug-likeness (QED) is 0.542. The number of ether oxygens (including phenoxy) is 1. The first kappa shape index (κ1) is 22.2. The number of rotatable bonds is 4. The Bertz CT molecular complexity index is 1400. The van der Waals surface area contributed by atoms with Crippen LogP contribution in [-0.4, -0.2) is 16.6 Å². The van der Waals surface area contributed by atoms with Crippen molar-refractivity contribution in [3.8, 4) is 0 Å². The molecule has 0 N–H and O–H groups in total. The largest absolute Gasteiger partial charge is 0.459 e. The summed E-state index contributed by atoms with van der Waals surface area (Å²) in [7, 11) is 0. The molecule has 0 saturated carbocycles. The van der Waals surface area contributed by atoms with Crippen molar-refractivity contribution in [2.75, 3.05) is 0 Å². The van der Waals surface area contributed by atoms with Crippen LogP contribution in [0.2, 0.25) is 5.02 Å². The highest BCUT2D eigenvalue weighted by atomic mass is 35.5. The van der Waals surface area contributed by atoms with Crippen LogP contribution in [-0.2, 0) is 9.53 Å². The smallest absolute Gasteiger partial charge is 0.338 e. The summed E-state index contributed by atoms with van der Waals surface area (Å²) in [4.78, 5) is 31.4. The molecule has 2 heterocycles. The van der Waals surface area contributed by atoms with E-state index in [1.165, 1.54) is 28.0 Å². The minimum absolute atomic E-state index is 0.297. The summed E-state index contributed by atoms with van der Waals surface area (Å²) in [6.07, 6.45) is 1.29. The summed E-state index contributed by atoms with van der Waals surface area (Å²) in [6, 6.07) is 12.2. The first-order chi connectivity index (χ1) is 15.2. The average molecular weight is 471 g/mol. The van der Waals surface area contributed by atoms with Gasteiger partial charge in [0.15, 0.2) is 4.80 Å². The van der Waals surface area contributed by atoms with Gasteiger partial charge in [0.2, 0.25) is 0 Å². The van der Waals surface area contributed by atoms with Crippen LogP contribution in [0.3, 0.4) is 0 Å². The van der Waals surface area contributed by atoms with Crippen LogP contribution in [0.4, 0.5) is 4.39 Å². The minimum atomic E-state index is -0.718. The normalized spacial score (nSPS) is 16.2. The van der Waals surface area contributed by atoms with Crippen LogP contribution in [0.15, 0.2) is 69.6 Å². The molecule has 4 rings (SSSR count). The van der Waals surface area contributed by atoms with E-state index in [2.05, 4.69) is 4.99 Å². The summed E-state index contributed by atoms with van der Waals surface area (Å²) in [6.45, 7) is 5.25. The number of benzene rings is 2. The van der Waals surface area contributed by atoms with Crippen molar-refractivity contribution in [2.24, 2.45) is 4.99 Å². The molecular formula is C24H20ClFN2O3S. The van der Waals surface area contributed by atoms with E-state index in [0.717, 1.165) is 0 Å². The molecule has 0 fully saturated rings. The first-order valence-electron chi connectivity index (χ1n) is 9.99. The molecule has 0 saturated heterocycles. The second-order valence-electron chi connectivity index (χ2n) is 7.64. The number of hydrogen-bond acceptors (Lipinski definition) is 5. The lowest BCUT2D eigenvalue weighted by atomic mass is 9.96. The summed E-state index contributed by atoms with van der Waals surface area (Å²) in [5.74, 6) is -0.916. The fraction of sp³-hybridized carbons (Fsp3) is 0.208. The summed E-state index contributed by atoms with van der Waals surface area (Å²) in [5.41, 5.74) is 1.73. The molecule has 1 aromatic heterocycles. The maximum absolute atomic E-state index is 13.6. The van der Waals surface area contributed by atoms with E-state index in [0.29, 0.717) is 36.8 Å². The second-order valence-corrected chi connectivity index (χ2v) is 9.09. The van der Waals surface area contributed by atoms with E-state index in [1.54, 1.807) is 63.2 Å². The zero-order chi connectivity index (χ0) is 23.0. The third-order valence-electron chi connectivity index (χ3n) is 4.92. The highest BCUT2D eigenvalue weighted by Gasteiger charge is 2.33. The summed E-state index contributed by atoms with van der Waals surface area (Å²) < 4.78 is 21.0. The van der Waals surface area contributed by atoms with Gasteiger partial charge in [0.1, 0.15) is 5.82 Å². The number of halogens is 2. The SMILES string of the molecule is CC1=C(C(=O)OC(C)C)[C@H](c2ccc(Cl)cc2)n2c(s/c(=C\c3cccc(F)c3)c2=O)=N1. The maximum atomic E-state index is 13.6. The highest BCUT2D eigenvalue weighted by molar-refractivity contribution is 7.07. The lowest BCUT2D eigenvalue weighted by molar-refractivity contribution is -0.143. The molecular weight excluding hydrogens is 451 g/mol. The van der Waals surface area contributed by atoms with Crippen molar-refractivity contribution in [3.05, 3.63) is 101 Å². The number of nitrogens with zero attached hydrogens (tertiary/aromatic N) is 2. The number of carbonyl (C=O) groups excluding carboxylic acids is 1. The topological polar surface area (TPSA) is 60.7 Å². The molecule has 5 nitrogen and oxygen atoms in total. The van der Waals surface area contributed by atoms with Crippen LogP contribution in [0.25, 0.3) is 6.08 Å². The lowest BCUT2D eigenvalue weighted by Crippen LogP contribution is -2.40. The molecule has 0 radical (unpaired) electrons. The highest BCUT2D eigenvalue weighted by Crippen LogP contribution is 2.31. The Kier molecular flexibility index (Phi) is 6.13. The van der Waals surface area contributed by atoms with Crippen LogP contribution < -0.4 is 14.9 Å². The molecule has 1 aliphatic heterocycles. The molecule has 164 valence electrons. The third-order valence-corrected chi connectivity index (χ3v) is 6.15. The Morgan fingerprint density at radius 1 is 1.25 bits per heavy atom. The van der Waals surface area contributed by atoms with Crippen molar-refractivity contribution < 1.29 is 13.9 Å². The van der Waals surface area contributed by atoms with Crippen molar-refractivity contribution in [1.29, 1.82) is 0 Å². The van der Waals surface area contributed by atoms with Gasteiger partial charge in [-0.3, -0.25) is 9.36 Å². The Hall–Kier alpha value is -3.03. The molecule has 0 unspecified atom stereocenters. The number of esters is 1. The van der Waals surface area contributed by atoms with Gasteiger partial charge in [-0.05, 0) is 62.2 Å². The zero-order valence-electron chi connectivity index (χ0n) is 17.6. The number of thiazole rings is 1. The van der Waals surface area contributed by atoms with Gasteiger partial charge in [0.25, 0.3) is 5.56 Å². The predicted octanol–water partition coefficient (Wildman–Crippen LogP) is 3.98. The van der Waals surface area contributed by atoms with Gasteiger partial charge >= 0.3 is 5.97 Å². The molecule has 0 spiro atoms. The standard InChI is InChI=1S/C24H20ClFN2O3S/c1-13(2)31-23(30)20-14(3)27-24-28(21(20)16-7-9-17(25)10-8-16)22(29)19(32-24)12-15-5-4-6-18(26)11-15/h4-13,21H,1-3H3/b19-12-/t21-/m0/s1. The van der Waals surface area contributed by atoms with Crippen LogP contribution in [0.5, 0.6) is 0 Å². The van der Waals surface area contributed by atoms with E-state index in [4.69, 9.17) is 16.3 Å². The molecule has 1 atom stereocenters. The molecule has 0 amide bonds. The van der Waals surface area contributed by atoms with Crippen molar-refractivity contribution in [3.63, 3.8) is 0 Å². The van der Waals surface area contributed by atoms with Gasteiger partial charge in [-0.1, -0.05) is 47.2 Å². The molecule has 8 heteroatoms. The van der Waals surface area contributed by atoms with Crippen molar-refractivity contribution >= 4 is 35.0 Å². The van der Waals surface area contributed by atoms with E-state index in [1.807, 2.05) is 0 Å². The number of fused-ring (bicyclic) bond motifs is 1. The Morgan fingerprint density at radius 2 is 1.97 bits per heavy atom. The predicted molar refractivity (Wildman–Crippen MR) is 123 cm³/mol. The average Bonchev–Trinajstić information content (AvgIpc) is 3.02. The van der Waals surface area contributed by atoms with Crippen molar-refractivity contribution in [1.82, 2.24) is 4.57 Å². The lowest BCUT2D eigenvalue weighted by Gasteiger charge is -2.25. The molecule has 3 aromatic rings. The maximum Gasteiger partial charge on any atom is 0.338 e. The van der Waals surface area contributed by atoms with E-state index in [9.17, 15) is 14.0 Å². The van der Waals surface area contributed by atoms with Gasteiger partial charge in [-0.25, -0.2) is 14.2 Å². The third kappa shape index (κ3) is 4.31. The van der Waals surface area contributed by atoms with E-state index < -0.39 is 12.0 Å². The number of carbonyl (C=O) groups is 1.